The van der Waals surface area contributed by atoms with Gasteiger partial charge in [0.1, 0.15) is 0 Å². The van der Waals surface area contributed by atoms with Crippen molar-refractivity contribution in [2.75, 3.05) is 0 Å². The third-order valence-electron chi connectivity index (χ3n) is 2.02. The summed E-state index contributed by atoms with van der Waals surface area (Å²) in [6.45, 7) is 5.74. The van der Waals surface area contributed by atoms with Crippen molar-refractivity contribution in [2.45, 2.75) is 6.92 Å². The zero-order chi connectivity index (χ0) is 9.97. The van der Waals surface area contributed by atoms with Crippen molar-refractivity contribution in [3.8, 4) is 5.75 Å². The quantitative estimate of drug-likeness (QED) is 0.712. The van der Waals surface area contributed by atoms with Gasteiger partial charge in [0.2, 0.25) is 0 Å². The predicted molar refractivity (Wildman–Crippen MR) is 57.7 cm³/mol. The Balaban J connectivity index is 0.00000112. The first-order valence-corrected chi connectivity index (χ1v) is 4.54. The molecular formula is C13H11OY-. The maximum Gasteiger partial charge on any atom is 0.0914 e. The van der Waals surface area contributed by atoms with E-state index >= 15 is 0 Å². The van der Waals surface area contributed by atoms with E-state index in [1.807, 2.05) is 43.3 Å². The van der Waals surface area contributed by atoms with Gasteiger partial charge in [-0.05, 0) is 6.07 Å². The summed E-state index contributed by atoms with van der Waals surface area (Å²) in [7, 11) is 0. The van der Waals surface area contributed by atoms with Crippen LogP contribution >= 0.6 is 0 Å². The van der Waals surface area contributed by atoms with Crippen molar-refractivity contribution in [3.63, 3.8) is 0 Å². The summed E-state index contributed by atoms with van der Waals surface area (Å²) in [5.74, 6) is 1.42. The molecule has 0 bridgehead atoms. The van der Waals surface area contributed by atoms with Crippen LogP contribution in [0.15, 0.2) is 48.8 Å². The van der Waals surface area contributed by atoms with E-state index in [0.717, 1.165) is 16.9 Å². The van der Waals surface area contributed by atoms with Gasteiger partial charge in [-0.25, -0.2) is 0 Å². The Labute approximate surface area is 115 Å². The van der Waals surface area contributed by atoms with Crippen LogP contribution < -0.4 is 4.74 Å². The van der Waals surface area contributed by atoms with Crippen LogP contribution in [0.1, 0.15) is 12.5 Å². The van der Waals surface area contributed by atoms with Crippen LogP contribution in [-0.4, -0.2) is 0 Å². The zero-order valence-corrected chi connectivity index (χ0v) is 11.5. The monoisotopic (exact) mass is 272 g/mol. The molecule has 0 amide bonds. The first-order valence-electron chi connectivity index (χ1n) is 4.54. The fourth-order valence-corrected chi connectivity index (χ4v) is 1.45. The molecule has 1 aliphatic heterocycles. The van der Waals surface area contributed by atoms with E-state index in [0.29, 0.717) is 5.76 Å². The van der Waals surface area contributed by atoms with Crippen LogP contribution in [0.3, 0.4) is 0 Å². The molecule has 0 fully saturated rings. The van der Waals surface area contributed by atoms with Crippen molar-refractivity contribution in [3.05, 3.63) is 60.4 Å². The third-order valence-corrected chi connectivity index (χ3v) is 2.02. The number of ether oxygens (including phenoxy) is 1. The molecule has 0 unspecified atom stereocenters. The second kappa shape index (κ2) is 5.43. The van der Waals surface area contributed by atoms with E-state index in [1.54, 1.807) is 0 Å². The molecule has 0 aliphatic carbocycles. The molecule has 15 heavy (non-hydrogen) atoms. The Kier molecular flexibility index (Phi) is 4.50. The van der Waals surface area contributed by atoms with Gasteiger partial charge < -0.3 is 4.74 Å². The molecular weight excluding hydrogens is 261 g/mol. The summed E-state index contributed by atoms with van der Waals surface area (Å²) in [6, 6.07) is 7.89. The number of rotatable bonds is 1. The molecule has 2 heteroatoms. The van der Waals surface area contributed by atoms with Gasteiger partial charge in [-0.3, -0.25) is 0 Å². The molecule has 73 valence electrons. The van der Waals surface area contributed by atoms with Crippen molar-refractivity contribution in [1.29, 1.82) is 0 Å². The van der Waals surface area contributed by atoms with Crippen molar-refractivity contribution < 1.29 is 37.4 Å². The Morgan fingerprint density at radius 1 is 1.33 bits per heavy atom. The molecule has 0 atom stereocenters. The Morgan fingerprint density at radius 3 is 2.80 bits per heavy atom. The Bertz CT molecular complexity index is 430. The Hall–Kier alpha value is -0.656. The van der Waals surface area contributed by atoms with Crippen LogP contribution in [0.2, 0.25) is 0 Å². The Morgan fingerprint density at radius 2 is 2.07 bits per heavy atom. The number of hydrogen-bond acceptors (Lipinski definition) is 1. The largest absolute Gasteiger partial charge is 0.487 e. The minimum absolute atomic E-state index is 0. The molecule has 2 rings (SSSR count). The summed E-state index contributed by atoms with van der Waals surface area (Å²) in [5, 5.41) is 0. The summed E-state index contributed by atoms with van der Waals surface area (Å²) in [4.78, 5) is 0. The molecule has 0 aromatic heterocycles. The minimum atomic E-state index is 0. The maximum absolute atomic E-state index is 5.45. The van der Waals surface area contributed by atoms with E-state index in [-0.39, 0.29) is 32.7 Å². The molecule has 1 nitrogen and oxygen atoms in total. The van der Waals surface area contributed by atoms with Gasteiger partial charge in [0.25, 0.3) is 0 Å². The van der Waals surface area contributed by atoms with Crippen LogP contribution in [0.25, 0.3) is 5.57 Å². The van der Waals surface area contributed by atoms with Crippen LogP contribution in [0, 0.1) is 6.08 Å². The molecule has 0 saturated heterocycles. The van der Waals surface area contributed by atoms with Crippen molar-refractivity contribution in [1.82, 2.24) is 0 Å². The molecule has 0 saturated carbocycles. The van der Waals surface area contributed by atoms with Crippen LogP contribution in [0.4, 0.5) is 0 Å². The molecule has 1 aromatic rings. The van der Waals surface area contributed by atoms with Crippen LogP contribution in [-0.2, 0) is 32.7 Å². The van der Waals surface area contributed by atoms with Gasteiger partial charge >= 0.3 is 0 Å². The zero-order valence-electron chi connectivity index (χ0n) is 8.66. The first-order chi connectivity index (χ1) is 6.81. The fourth-order valence-electron chi connectivity index (χ4n) is 1.45. The summed E-state index contributed by atoms with van der Waals surface area (Å²) in [6.07, 6.45) is 7.08. The topological polar surface area (TPSA) is 9.23 Å². The summed E-state index contributed by atoms with van der Waals surface area (Å²) < 4.78 is 5.45. The van der Waals surface area contributed by atoms with Gasteiger partial charge in [0, 0.05) is 38.5 Å². The predicted octanol–water partition coefficient (Wildman–Crippen LogP) is 3.35. The van der Waals surface area contributed by atoms with Crippen molar-refractivity contribution >= 4 is 5.57 Å². The molecule has 1 aliphatic rings. The van der Waals surface area contributed by atoms with E-state index in [9.17, 15) is 0 Å². The smallest absolute Gasteiger partial charge is 0.0914 e. The average Bonchev–Trinajstić information content (AvgIpc) is 2.18. The van der Waals surface area contributed by atoms with Crippen LogP contribution in [0.5, 0.6) is 5.75 Å². The fraction of sp³-hybridized carbons (Fsp3) is 0.0769. The molecule has 1 heterocycles. The maximum atomic E-state index is 5.45. The minimum Gasteiger partial charge on any atom is -0.487 e. The van der Waals surface area contributed by atoms with Gasteiger partial charge in [-0.1, -0.05) is 36.8 Å². The molecule has 1 aromatic carbocycles. The second-order valence-electron chi connectivity index (χ2n) is 3.06. The van der Waals surface area contributed by atoms with E-state index < -0.39 is 0 Å². The third kappa shape index (κ3) is 2.67. The number of benzene rings is 1. The van der Waals surface area contributed by atoms with E-state index in [4.69, 9.17) is 4.74 Å². The molecule has 1 radical (unpaired) electrons. The number of allylic oxidation sites excluding steroid dienone is 4. The molecule has 0 N–H and O–H groups in total. The number of para-hydroxylation sites is 1. The summed E-state index contributed by atoms with van der Waals surface area (Å²) in [5.41, 5.74) is 2.09. The van der Waals surface area contributed by atoms with E-state index in [1.165, 1.54) is 0 Å². The number of fused-ring (bicyclic) bond motifs is 1. The van der Waals surface area contributed by atoms with Gasteiger partial charge in [-0.2, -0.15) is 0 Å². The van der Waals surface area contributed by atoms with Gasteiger partial charge in [0.05, 0.1) is 5.75 Å². The van der Waals surface area contributed by atoms with Crippen molar-refractivity contribution in [2.24, 2.45) is 0 Å². The second-order valence-corrected chi connectivity index (χ2v) is 3.06. The van der Waals surface area contributed by atoms with E-state index in [2.05, 4.69) is 12.7 Å². The normalized spacial score (nSPS) is 13.9. The van der Waals surface area contributed by atoms with Gasteiger partial charge in [0.15, 0.2) is 0 Å². The first kappa shape index (κ1) is 12.4. The SMILES string of the molecule is C=C1[C-]=C(C=CC)c2ccccc2O1.[Y]. The molecule has 0 spiro atoms. The summed E-state index contributed by atoms with van der Waals surface area (Å²) >= 11 is 0. The van der Waals surface area contributed by atoms with Gasteiger partial charge in [-0.15, -0.1) is 24.3 Å². The number of hydrogen-bond donors (Lipinski definition) is 0. The average molecular weight is 272 g/mol. The standard InChI is InChI=1S/C13H11O.Y/c1-3-6-11-9-10(2)14-13-8-5-4-7-12(11)13;/h3-8H,2H2,1H3;/q-1;.